The first-order valence-electron chi connectivity index (χ1n) is 9.07. The summed E-state index contributed by atoms with van der Waals surface area (Å²) in [5, 5.41) is 2.90. The molecule has 3 saturated heterocycles. The second-order valence-corrected chi connectivity index (χ2v) is 7.06. The van der Waals surface area contributed by atoms with Crippen molar-refractivity contribution < 1.29 is 19.1 Å². The van der Waals surface area contributed by atoms with E-state index in [-0.39, 0.29) is 60.8 Å². The van der Waals surface area contributed by atoms with Gasteiger partial charge in [-0.25, -0.2) is 0 Å². The molecule has 3 aliphatic rings. The molecule has 0 saturated carbocycles. The van der Waals surface area contributed by atoms with Gasteiger partial charge in [-0.3, -0.25) is 19.3 Å². The molecule has 5 unspecified atom stereocenters. The van der Waals surface area contributed by atoms with E-state index in [0.29, 0.717) is 6.54 Å². The molecular formula is C17H27N3O4. The summed E-state index contributed by atoms with van der Waals surface area (Å²) in [4.78, 5) is 38.3. The predicted octanol–water partition coefficient (Wildman–Crippen LogP) is 0.173. The number of carbonyl (C=O) groups excluding carboxylic acids is 3. The van der Waals surface area contributed by atoms with E-state index in [4.69, 9.17) is 10.5 Å². The van der Waals surface area contributed by atoms with E-state index in [1.54, 1.807) is 0 Å². The Morgan fingerprint density at radius 3 is 2.46 bits per heavy atom. The summed E-state index contributed by atoms with van der Waals surface area (Å²) in [6, 6.07) is -0.0361. The van der Waals surface area contributed by atoms with Crippen LogP contribution in [0.25, 0.3) is 0 Å². The van der Waals surface area contributed by atoms with Crippen molar-refractivity contribution in [1.29, 1.82) is 0 Å². The summed E-state index contributed by atoms with van der Waals surface area (Å²) < 4.78 is 5.70. The minimum Gasteiger partial charge on any atom is -0.373 e. The Morgan fingerprint density at radius 1 is 1.29 bits per heavy atom. The maximum atomic E-state index is 12.5. The van der Waals surface area contributed by atoms with Crippen molar-refractivity contribution in [2.75, 3.05) is 13.1 Å². The molecule has 7 heteroatoms. The molecule has 3 rings (SSSR count). The lowest BCUT2D eigenvalue weighted by Crippen LogP contribution is -2.42. The molecule has 0 radical (unpaired) electrons. The Hall–Kier alpha value is -1.47. The number of rotatable bonds is 8. The Balaban J connectivity index is 1.51. The van der Waals surface area contributed by atoms with E-state index in [0.717, 1.165) is 32.1 Å². The third-order valence-electron chi connectivity index (χ3n) is 5.49. The van der Waals surface area contributed by atoms with Crippen LogP contribution in [-0.2, 0) is 19.1 Å². The van der Waals surface area contributed by atoms with Crippen LogP contribution < -0.4 is 11.1 Å². The van der Waals surface area contributed by atoms with Gasteiger partial charge in [-0.05, 0) is 19.3 Å². The molecular weight excluding hydrogens is 310 g/mol. The van der Waals surface area contributed by atoms with Crippen LogP contribution in [0.1, 0.15) is 45.4 Å². The molecule has 3 fully saturated rings. The zero-order valence-electron chi connectivity index (χ0n) is 14.2. The number of ether oxygens (including phenoxy) is 1. The van der Waals surface area contributed by atoms with Gasteiger partial charge in [0.05, 0.1) is 24.0 Å². The van der Waals surface area contributed by atoms with Crippen LogP contribution >= 0.6 is 0 Å². The molecule has 5 atom stereocenters. The highest BCUT2D eigenvalue weighted by molar-refractivity contribution is 6.06. The lowest BCUT2D eigenvalue weighted by Gasteiger charge is -2.19. The molecule has 0 aromatic heterocycles. The van der Waals surface area contributed by atoms with Crippen molar-refractivity contribution >= 4 is 17.7 Å². The maximum absolute atomic E-state index is 12.5. The van der Waals surface area contributed by atoms with Gasteiger partial charge in [0, 0.05) is 25.6 Å². The first kappa shape index (κ1) is 17.4. The highest BCUT2D eigenvalue weighted by Crippen LogP contribution is 2.48. The van der Waals surface area contributed by atoms with Crippen LogP contribution in [0.5, 0.6) is 0 Å². The third kappa shape index (κ3) is 3.07. The molecule has 3 amide bonds. The van der Waals surface area contributed by atoms with Crippen molar-refractivity contribution in [2.24, 2.45) is 17.6 Å². The minimum atomic E-state index is -0.319. The first-order chi connectivity index (χ1) is 11.6. The van der Waals surface area contributed by atoms with Crippen LogP contribution in [0.3, 0.4) is 0 Å². The number of nitrogens with two attached hydrogens (primary N) is 1. The van der Waals surface area contributed by atoms with Crippen LogP contribution in [0.2, 0.25) is 0 Å². The predicted molar refractivity (Wildman–Crippen MR) is 86.7 cm³/mol. The highest BCUT2D eigenvalue weighted by Gasteiger charge is 2.62. The Kier molecular flexibility index (Phi) is 5.20. The summed E-state index contributed by atoms with van der Waals surface area (Å²) in [7, 11) is 0. The molecule has 0 aromatic carbocycles. The van der Waals surface area contributed by atoms with Gasteiger partial charge in [0.15, 0.2) is 0 Å². The highest BCUT2D eigenvalue weighted by atomic mass is 16.5. The Labute approximate surface area is 142 Å². The minimum absolute atomic E-state index is 0.0361. The maximum Gasteiger partial charge on any atom is 0.235 e. The third-order valence-corrected chi connectivity index (χ3v) is 5.49. The number of fused-ring (bicyclic) bond motifs is 5. The van der Waals surface area contributed by atoms with Gasteiger partial charge in [-0.15, -0.1) is 0 Å². The van der Waals surface area contributed by atoms with E-state index in [9.17, 15) is 14.4 Å². The van der Waals surface area contributed by atoms with Gasteiger partial charge in [0.25, 0.3) is 0 Å². The van der Waals surface area contributed by atoms with Gasteiger partial charge in [0.1, 0.15) is 0 Å². The van der Waals surface area contributed by atoms with E-state index in [1.165, 1.54) is 4.90 Å². The number of likely N-dealkylation sites (tertiary alicyclic amines) is 1. The Bertz CT molecular complexity index is 496. The van der Waals surface area contributed by atoms with Gasteiger partial charge in [-0.2, -0.15) is 0 Å². The second kappa shape index (κ2) is 7.19. The molecule has 3 N–H and O–H groups in total. The molecule has 0 aliphatic carbocycles. The van der Waals surface area contributed by atoms with Crippen LogP contribution in [0.15, 0.2) is 0 Å². The normalized spacial score (nSPS) is 32.3. The van der Waals surface area contributed by atoms with Gasteiger partial charge < -0.3 is 15.8 Å². The van der Waals surface area contributed by atoms with Crippen molar-refractivity contribution in [2.45, 2.75) is 63.7 Å². The zero-order valence-corrected chi connectivity index (χ0v) is 14.2. The summed E-state index contributed by atoms with van der Waals surface area (Å²) in [5.41, 5.74) is 5.68. The number of imide groups is 1. The number of unbranched alkanes of at least 4 members (excludes halogenated alkanes) is 1. The molecule has 24 heavy (non-hydrogen) atoms. The smallest absolute Gasteiger partial charge is 0.235 e. The quantitative estimate of drug-likeness (QED) is 0.615. The summed E-state index contributed by atoms with van der Waals surface area (Å²) in [6.45, 7) is 2.65. The fourth-order valence-electron chi connectivity index (χ4n) is 4.21. The fourth-order valence-corrected chi connectivity index (χ4v) is 4.21. The molecule has 3 aliphatic heterocycles. The lowest BCUT2D eigenvalue weighted by atomic mass is 9.81. The number of hydrogen-bond acceptors (Lipinski definition) is 5. The van der Waals surface area contributed by atoms with Crippen LogP contribution in [0.4, 0.5) is 0 Å². The number of nitrogens with one attached hydrogen (secondary N) is 1. The largest absolute Gasteiger partial charge is 0.373 e. The van der Waals surface area contributed by atoms with E-state index in [1.807, 2.05) is 0 Å². The molecule has 134 valence electrons. The number of amides is 3. The van der Waals surface area contributed by atoms with E-state index in [2.05, 4.69) is 12.2 Å². The average molecular weight is 337 g/mol. The second-order valence-electron chi connectivity index (χ2n) is 7.06. The molecule has 3 heterocycles. The molecule has 0 aromatic rings. The van der Waals surface area contributed by atoms with Crippen molar-refractivity contribution in [3.05, 3.63) is 0 Å². The number of nitrogens with zero attached hydrogens (tertiary/aromatic N) is 1. The SMILES string of the molecule is CCCCC(CN)NC(=O)CCN1C(=O)C2C3CCC(O3)C2C1=O. The van der Waals surface area contributed by atoms with Crippen LogP contribution in [-0.4, -0.2) is 54.0 Å². The zero-order chi connectivity index (χ0) is 17.3. The van der Waals surface area contributed by atoms with Gasteiger partial charge in [0.2, 0.25) is 17.7 Å². The standard InChI is InChI=1S/C17H27N3O4/c1-2-3-4-10(9-18)19-13(21)7-8-20-16(22)14-11-5-6-12(24-11)15(14)17(20)23/h10-12,14-15H,2-9,18H2,1H3,(H,19,21). The van der Waals surface area contributed by atoms with Crippen molar-refractivity contribution in [3.63, 3.8) is 0 Å². The van der Waals surface area contributed by atoms with Crippen molar-refractivity contribution in [3.8, 4) is 0 Å². The molecule has 7 nitrogen and oxygen atoms in total. The molecule has 0 spiro atoms. The lowest BCUT2D eigenvalue weighted by molar-refractivity contribution is -0.142. The van der Waals surface area contributed by atoms with Crippen LogP contribution in [0, 0.1) is 11.8 Å². The average Bonchev–Trinajstić information content (AvgIpc) is 3.24. The monoisotopic (exact) mass is 337 g/mol. The number of hydrogen-bond donors (Lipinski definition) is 2. The first-order valence-corrected chi connectivity index (χ1v) is 9.07. The van der Waals surface area contributed by atoms with Gasteiger partial charge in [-0.1, -0.05) is 19.8 Å². The number of carbonyl (C=O) groups is 3. The summed E-state index contributed by atoms with van der Waals surface area (Å²) >= 11 is 0. The van der Waals surface area contributed by atoms with E-state index >= 15 is 0 Å². The molecule has 2 bridgehead atoms. The van der Waals surface area contributed by atoms with E-state index < -0.39 is 0 Å². The topological polar surface area (TPSA) is 102 Å². The van der Waals surface area contributed by atoms with Crippen molar-refractivity contribution in [1.82, 2.24) is 10.2 Å². The summed E-state index contributed by atoms with van der Waals surface area (Å²) in [5.74, 6) is -1.11. The fraction of sp³-hybridized carbons (Fsp3) is 0.824. The summed E-state index contributed by atoms with van der Waals surface area (Å²) in [6.07, 6.45) is 4.55. The Morgan fingerprint density at radius 2 is 1.92 bits per heavy atom. The van der Waals surface area contributed by atoms with Gasteiger partial charge >= 0.3 is 0 Å².